The second kappa shape index (κ2) is 6.63. The molecule has 2 aliphatic rings. The normalized spacial score (nSPS) is 53.5. The minimum absolute atomic E-state index is 0.0552. The van der Waals surface area contributed by atoms with Gasteiger partial charge in [0.05, 0.1) is 18.8 Å². The molecule has 9 atom stereocenters. The van der Waals surface area contributed by atoms with E-state index in [4.69, 9.17) is 20.9 Å². The molecule has 0 aromatic heterocycles. The van der Waals surface area contributed by atoms with Crippen LogP contribution in [-0.4, -0.2) is 88.5 Å². The number of aliphatic hydroxyl groups excluding tert-OH is 3. The minimum Gasteiger partial charge on any atom is -0.389 e. The Balaban J connectivity index is 2.07. The van der Waals surface area contributed by atoms with Gasteiger partial charge >= 0.3 is 0 Å². The summed E-state index contributed by atoms with van der Waals surface area (Å²) in [4.78, 5) is 0. The van der Waals surface area contributed by atoms with E-state index in [-0.39, 0.29) is 13.0 Å². The molecule has 0 radical (unpaired) electrons. The number of hydrogen-bond acceptors (Lipinski definition) is 9. The fourth-order valence-corrected chi connectivity index (χ4v) is 3.19. The Kier molecular flexibility index (Phi) is 5.42. The number of nitrogens with one attached hydrogen (secondary N) is 1. The van der Waals surface area contributed by atoms with Gasteiger partial charge in [-0.25, -0.2) is 0 Å². The van der Waals surface area contributed by atoms with E-state index in [1.165, 1.54) is 6.92 Å². The highest BCUT2D eigenvalue weighted by molar-refractivity contribution is 5.00. The maximum atomic E-state index is 10.3. The lowest BCUT2D eigenvalue weighted by Gasteiger charge is -2.47. The molecule has 1 saturated heterocycles. The van der Waals surface area contributed by atoms with Crippen molar-refractivity contribution in [1.82, 2.24) is 5.32 Å². The van der Waals surface area contributed by atoms with Gasteiger partial charge < -0.3 is 46.7 Å². The second-order valence-electron chi connectivity index (χ2n) is 6.44. The summed E-state index contributed by atoms with van der Waals surface area (Å²) in [5, 5.41) is 43.2. The molecule has 0 aromatic carbocycles. The van der Waals surface area contributed by atoms with E-state index in [1.54, 1.807) is 7.05 Å². The first-order valence-corrected chi connectivity index (χ1v) is 7.41. The smallest absolute Gasteiger partial charge is 0.185 e. The molecule has 130 valence electrons. The number of ether oxygens (including phenoxy) is 2. The summed E-state index contributed by atoms with van der Waals surface area (Å²) in [5.41, 5.74) is 10.4. The van der Waals surface area contributed by atoms with Crippen molar-refractivity contribution in [3.63, 3.8) is 0 Å². The first kappa shape index (κ1) is 18.0. The fraction of sp³-hybridized carbons (Fsp3) is 1.00. The summed E-state index contributed by atoms with van der Waals surface area (Å²) < 4.78 is 11.0. The van der Waals surface area contributed by atoms with Crippen LogP contribution in [0.25, 0.3) is 0 Å². The Morgan fingerprint density at radius 3 is 2.36 bits per heavy atom. The number of rotatable bonds is 3. The van der Waals surface area contributed by atoms with Gasteiger partial charge in [0.1, 0.15) is 23.9 Å². The van der Waals surface area contributed by atoms with Crippen LogP contribution in [0.5, 0.6) is 0 Å². The molecule has 0 aromatic rings. The topological polar surface area (TPSA) is 163 Å². The van der Waals surface area contributed by atoms with Crippen molar-refractivity contribution in [2.75, 3.05) is 13.7 Å². The molecule has 22 heavy (non-hydrogen) atoms. The molecule has 0 unspecified atom stereocenters. The van der Waals surface area contributed by atoms with Crippen molar-refractivity contribution in [1.29, 1.82) is 0 Å². The standard InChI is InChI=1S/C13H27N3O6/c1-13(20)4-21-12(9(19)11(13)16-2)22-10-6(15)3-5(14)7(17)8(10)18/h5-12,16-20H,3-4,14-15H2,1-2H3/t5-,6-,7-,8-,9+,10-,11-,12+,13+/m0/s1. The van der Waals surface area contributed by atoms with Crippen LogP contribution in [0.4, 0.5) is 0 Å². The molecule has 9 nitrogen and oxygen atoms in total. The SMILES string of the molecule is CN[C@H]1[C@@H](O)[C@@H](O[C@@H]2[C@@H](O)[C@@H](O)[C@@H](N)C[C@@H]2N)OC[C@@]1(C)O. The average Bonchev–Trinajstić information content (AvgIpc) is 2.43. The van der Waals surface area contributed by atoms with E-state index in [1.807, 2.05) is 0 Å². The Morgan fingerprint density at radius 2 is 1.77 bits per heavy atom. The van der Waals surface area contributed by atoms with Crippen molar-refractivity contribution in [3.8, 4) is 0 Å². The van der Waals surface area contributed by atoms with Crippen molar-refractivity contribution in [3.05, 3.63) is 0 Å². The van der Waals surface area contributed by atoms with E-state index >= 15 is 0 Å². The molecular weight excluding hydrogens is 294 g/mol. The number of likely N-dealkylation sites (N-methyl/N-ethyl adjacent to an activating group) is 1. The first-order valence-electron chi connectivity index (χ1n) is 7.41. The van der Waals surface area contributed by atoms with Crippen LogP contribution in [0.3, 0.4) is 0 Å². The van der Waals surface area contributed by atoms with Crippen molar-refractivity contribution in [2.45, 2.75) is 67.8 Å². The highest BCUT2D eigenvalue weighted by atomic mass is 16.7. The van der Waals surface area contributed by atoms with Crippen LogP contribution in [-0.2, 0) is 9.47 Å². The molecule has 1 heterocycles. The molecule has 0 bridgehead atoms. The summed E-state index contributed by atoms with van der Waals surface area (Å²) in [5.74, 6) is 0. The zero-order chi connectivity index (χ0) is 16.7. The predicted molar refractivity (Wildman–Crippen MR) is 76.7 cm³/mol. The van der Waals surface area contributed by atoms with E-state index < -0.39 is 54.4 Å². The van der Waals surface area contributed by atoms with Crippen LogP contribution in [0.15, 0.2) is 0 Å². The van der Waals surface area contributed by atoms with Gasteiger partial charge in [-0.1, -0.05) is 0 Å². The van der Waals surface area contributed by atoms with E-state index in [2.05, 4.69) is 5.32 Å². The van der Waals surface area contributed by atoms with Gasteiger partial charge in [0, 0.05) is 12.1 Å². The first-order chi connectivity index (χ1) is 10.2. The third-order valence-electron chi connectivity index (χ3n) is 4.52. The molecule has 2 fully saturated rings. The van der Waals surface area contributed by atoms with Gasteiger partial charge in [-0.3, -0.25) is 0 Å². The monoisotopic (exact) mass is 321 g/mol. The van der Waals surface area contributed by atoms with E-state index in [0.29, 0.717) is 0 Å². The third kappa shape index (κ3) is 3.28. The van der Waals surface area contributed by atoms with Gasteiger partial charge in [-0.05, 0) is 20.4 Å². The van der Waals surface area contributed by atoms with Crippen LogP contribution < -0.4 is 16.8 Å². The Labute approximate surface area is 129 Å². The highest BCUT2D eigenvalue weighted by Gasteiger charge is 2.49. The van der Waals surface area contributed by atoms with Crippen molar-refractivity contribution >= 4 is 0 Å². The number of aliphatic hydroxyl groups is 4. The molecule has 1 saturated carbocycles. The Hall–Kier alpha value is -0.360. The maximum Gasteiger partial charge on any atom is 0.185 e. The van der Waals surface area contributed by atoms with E-state index in [9.17, 15) is 20.4 Å². The van der Waals surface area contributed by atoms with Crippen molar-refractivity contribution < 1.29 is 29.9 Å². The fourth-order valence-electron chi connectivity index (χ4n) is 3.19. The highest BCUT2D eigenvalue weighted by Crippen LogP contribution is 2.28. The predicted octanol–water partition coefficient (Wildman–Crippen LogP) is -3.79. The molecule has 0 spiro atoms. The minimum atomic E-state index is -1.27. The summed E-state index contributed by atoms with van der Waals surface area (Å²) in [6.07, 6.45) is -5.32. The summed E-state index contributed by atoms with van der Waals surface area (Å²) in [6, 6.07) is -1.90. The molecule has 0 amide bonds. The van der Waals surface area contributed by atoms with Gasteiger partial charge in [0.25, 0.3) is 0 Å². The Bertz CT molecular complexity index is 385. The molecular formula is C13H27N3O6. The van der Waals surface area contributed by atoms with Gasteiger partial charge in [-0.15, -0.1) is 0 Å². The largest absolute Gasteiger partial charge is 0.389 e. The average molecular weight is 321 g/mol. The second-order valence-corrected chi connectivity index (χ2v) is 6.44. The summed E-state index contributed by atoms with van der Waals surface area (Å²) >= 11 is 0. The summed E-state index contributed by atoms with van der Waals surface area (Å²) in [6.45, 7) is 1.48. The maximum absolute atomic E-state index is 10.3. The zero-order valence-electron chi connectivity index (χ0n) is 12.8. The van der Waals surface area contributed by atoms with Gasteiger partial charge in [0.15, 0.2) is 6.29 Å². The Morgan fingerprint density at radius 1 is 1.14 bits per heavy atom. The quantitative estimate of drug-likeness (QED) is 0.276. The zero-order valence-corrected chi connectivity index (χ0v) is 12.8. The van der Waals surface area contributed by atoms with Gasteiger partial charge in [0.2, 0.25) is 0 Å². The van der Waals surface area contributed by atoms with Crippen LogP contribution >= 0.6 is 0 Å². The number of hydrogen-bond donors (Lipinski definition) is 7. The molecule has 9 heteroatoms. The third-order valence-corrected chi connectivity index (χ3v) is 4.52. The number of nitrogens with two attached hydrogens (primary N) is 2. The summed E-state index contributed by atoms with van der Waals surface area (Å²) in [7, 11) is 1.61. The van der Waals surface area contributed by atoms with Crippen LogP contribution in [0.1, 0.15) is 13.3 Å². The lowest BCUT2D eigenvalue weighted by atomic mass is 9.84. The lowest BCUT2D eigenvalue weighted by molar-refractivity contribution is -0.296. The molecule has 1 aliphatic carbocycles. The molecule has 9 N–H and O–H groups in total. The lowest BCUT2D eigenvalue weighted by Crippen LogP contribution is -2.68. The van der Waals surface area contributed by atoms with E-state index in [0.717, 1.165) is 0 Å². The van der Waals surface area contributed by atoms with Gasteiger partial charge in [-0.2, -0.15) is 0 Å². The molecule has 2 rings (SSSR count). The van der Waals surface area contributed by atoms with Crippen LogP contribution in [0.2, 0.25) is 0 Å². The van der Waals surface area contributed by atoms with Crippen molar-refractivity contribution in [2.24, 2.45) is 11.5 Å². The molecule has 1 aliphatic heterocycles. The van der Waals surface area contributed by atoms with Crippen LogP contribution in [0, 0.1) is 0 Å².